The number of hydrogen-bond donors (Lipinski definition) is 2. The molecule has 0 aliphatic heterocycles. The number of halogens is 2. The van der Waals surface area contributed by atoms with Crippen LogP contribution in [0.5, 0.6) is 0 Å². The molecule has 0 fully saturated rings. The summed E-state index contributed by atoms with van der Waals surface area (Å²) in [6.45, 7) is 1.89. The Bertz CT molecular complexity index is 1130. The van der Waals surface area contributed by atoms with E-state index in [0.717, 1.165) is 23.9 Å². The van der Waals surface area contributed by atoms with E-state index in [0.29, 0.717) is 21.9 Å². The second kappa shape index (κ2) is 9.14. The number of fused-ring (bicyclic) bond motifs is 1. The summed E-state index contributed by atoms with van der Waals surface area (Å²) >= 11 is 2.41. The number of amides is 2. The third-order valence-electron chi connectivity index (χ3n) is 3.83. The Morgan fingerprint density at radius 3 is 2.72 bits per heavy atom. The van der Waals surface area contributed by atoms with Crippen LogP contribution in [0.2, 0.25) is 0 Å². The molecule has 152 valence electrons. The van der Waals surface area contributed by atoms with Crippen LogP contribution in [0.3, 0.4) is 0 Å². The van der Waals surface area contributed by atoms with E-state index in [2.05, 4.69) is 15.6 Å². The van der Waals surface area contributed by atoms with Crippen molar-refractivity contribution >= 4 is 50.8 Å². The van der Waals surface area contributed by atoms with Crippen LogP contribution in [0.1, 0.15) is 6.92 Å². The fourth-order valence-electron chi connectivity index (χ4n) is 2.45. The molecule has 2 N–H and O–H groups in total. The second-order valence-corrected chi connectivity index (χ2v) is 7.68. The van der Waals surface area contributed by atoms with E-state index in [1.165, 1.54) is 22.0 Å². The molecule has 0 radical (unpaired) electrons. The number of anilines is 1. The van der Waals surface area contributed by atoms with Gasteiger partial charge in [-0.1, -0.05) is 11.8 Å². The van der Waals surface area contributed by atoms with Gasteiger partial charge in [0.2, 0.25) is 11.8 Å². The number of thiophene rings is 1. The summed E-state index contributed by atoms with van der Waals surface area (Å²) < 4.78 is 28.1. The molecule has 0 aliphatic carbocycles. The molecule has 0 atom stereocenters. The fraction of sp³-hybridized carbons (Fsp3) is 0.222. The average Bonchev–Trinajstić information content (AvgIpc) is 3.16. The molecule has 0 saturated carbocycles. The summed E-state index contributed by atoms with van der Waals surface area (Å²) in [5, 5.41) is 6.99. The first kappa shape index (κ1) is 20.9. The highest BCUT2D eigenvalue weighted by Gasteiger charge is 2.14. The zero-order valence-electron chi connectivity index (χ0n) is 15.2. The lowest BCUT2D eigenvalue weighted by Crippen LogP contribution is -2.34. The number of carbonyl (C=O) groups excluding carboxylic acids is 2. The Kier molecular flexibility index (Phi) is 6.60. The number of nitrogens with zero attached hydrogens (tertiary/aromatic N) is 2. The first-order valence-electron chi connectivity index (χ1n) is 8.51. The lowest BCUT2D eigenvalue weighted by Gasteiger charge is -2.10. The van der Waals surface area contributed by atoms with Gasteiger partial charge in [0.15, 0.2) is 16.8 Å². The number of aromatic nitrogens is 2. The van der Waals surface area contributed by atoms with Gasteiger partial charge in [-0.3, -0.25) is 19.0 Å². The minimum atomic E-state index is -1.08. The zero-order chi connectivity index (χ0) is 21.0. The molecule has 0 unspecified atom stereocenters. The predicted octanol–water partition coefficient (Wildman–Crippen LogP) is 2.60. The maximum absolute atomic E-state index is 13.1. The smallest absolute Gasteiger partial charge is 0.272 e. The van der Waals surface area contributed by atoms with E-state index in [9.17, 15) is 23.2 Å². The van der Waals surface area contributed by atoms with Gasteiger partial charge >= 0.3 is 0 Å². The maximum atomic E-state index is 13.1. The number of hydrogen-bond acceptors (Lipinski definition) is 6. The van der Waals surface area contributed by atoms with Crippen molar-refractivity contribution in [1.82, 2.24) is 14.9 Å². The summed E-state index contributed by atoms with van der Waals surface area (Å²) in [6, 6.07) is 4.70. The minimum absolute atomic E-state index is 0.0411. The van der Waals surface area contributed by atoms with Crippen molar-refractivity contribution in [2.75, 3.05) is 17.6 Å². The Morgan fingerprint density at radius 2 is 2.00 bits per heavy atom. The van der Waals surface area contributed by atoms with E-state index in [-0.39, 0.29) is 23.5 Å². The molecule has 3 rings (SSSR count). The average molecular weight is 438 g/mol. The van der Waals surface area contributed by atoms with Gasteiger partial charge in [-0.25, -0.2) is 13.8 Å². The third-order valence-corrected chi connectivity index (χ3v) is 5.70. The van der Waals surface area contributed by atoms with Gasteiger partial charge in [0.05, 0.1) is 17.8 Å². The van der Waals surface area contributed by atoms with Crippen LogP contribution in [0.25, 0.3) is 10.2 Å². The van der Waals surface area contributed by atoms with Crippen LogP contribution < -0.4 is 16.2 Å². The summed E-state index contributed by atoms with van der Waals surface area (Å²) in [6.07, 6.45) is 0. The van der Waals surface area contributed by atoms with Gasteiger partial charge in [-0.15, -0.1) is 11.3 Å². The Balaban J connectivity index is 1.55. The molecule has 7 nitrogen and oxygen atoms in total. The molecule has 0 saturated heterocycles. The SMILES string of the molecule is CCn1c(SCC(=O)NCC(=O)Nc2ccc(F)c(F)c2)nc2ccsc2c1=O. The van der Waals surface area contributed by atoms with Gasteiger partial charge in [-0.05, 0) is 30.5 Å². The summed E-state index contributed by atoms with van der Waals surface area (Å²) in [7, 11) is 0. The molecule has 2 aromatic heterocycles. The summed E-state index contributed by atoms with van der Waals surface area (Å²) in [5.74, 6) is -3.16. The van der Waals surface area contributed by atoms with Gasteiger partial charge in [-0.2, -0.15) is 0 Å². The van der Waals surface area contributed by atoms with E-state index in [1.807, 2.05) is 6.92 Å². The predicted molar refractivity (Wildman–Crippen MR) is 108 cm³/mol. The van der Waals surface area contributed by atoms with Gasteiger partial charge in [0.25, 0.3) is 5.56 Å². The number of benzene rings is 1. The Labute approximate surface area is 172 Å². The highest BCUT2D eigenvalue weighted by molar-refractivity contribution is 7.99. The summed E-state index contributed by atoms with van der Waals surface area (Å²) in [5.41, 5.74) is 0.512. The number of thioether (sulfide) groups is 1. The van der Waals surface area contributed by atoms with Gasteiger partial charge in [0, 0.05) is 18.3 Å². The molecule has 11 heteroatoms. The number of rotatable bonds is 7. The van der Waals surface area contributed by atoms with E-state index >= 15 is 0 Å². The standard InChI is InChI=1S/C18H16F2N4O3S2/c1-2-24-17(27)16-13(5-6-28-16)23-18(24)29-9-15(26)21-8-14(25)22-10-3-4-11(19)12(20)7-10/h3-7H,2,8-9H2,1H3,(H,21,26)(H,22,25). The first-order valence-corrected chi connectivity index (χ1v) is 10.4. The third kappa shape index (κ3) is 4.98. The van der Waals surface area contributed by atoms with Crippen LogP contribution in [0.4, 0.5) is 14.5 Å². The molecule has 1 aromatic carbocycles. The molecule has 0 spiro atoms. The summed E-state index contributed by atoms with van der Waals surface area (Å²) in [4.78, 5) is 40.7. The molecular formula is C18H16F2N4O3S2. The lowest BCUT2D eigenvalue weighted by molar-refractivity contribution is -0.122. The molecule has 2 amide bonds. The Morgan fingerprint density at radius 1 is 1.21 bits per heavy atom. The molecule has 2 heterocycles. The van der Waals surface area contributed by atoms with Crippen molar-refractivity contribution in [3.63, 3.8) is 0 Å². The van der Waals surface area contributed by atoms with Gasteiger partial charge in [0.1, 0.15) is 4.70 Å². The van der Waals surface area contributed by atoms with E-state index in [1.54, 1.807) is 11.4 Å². The fourth-order valence-corrected chi connectivity index (χ4v) is 4.12. The minimum Gasteiger partial charge on any atom is -0.346 e. The maximum Gasteiger partial charge on any atom is 0.272 e. The van der Waals surface area contributed by atoms with Crippen LogP contribution in [0, 0.1) is 11.6 Å². The highest BCUT2D eigenvalue weighted by Crippen LogP contribution is 2.20. The van der Waals surface area contributed by atoms with Crippen LogP contribution in [0.15, 0.2) is 39.6 Å². The molecule has 29 heavy (non-hydrogen) atoms. The topological polar surface area (TPSA) is 93.1 Å². The first-order chi connectivity index (χ1) is 13.9. The van der Waals surface area contributed by atoms with Crippen molar-refractivity contribution in [1.29, 1.82) is 0 Å². The number of nitrogens with one attached hydrogen (secondary N) is 2. The monoisotopic (exact) mass is 438 g/mol. The molecule has 0 aliphatic rings. The van der Waals surface area contributed by atoms with Crippen molar-refractivity contribution in [2.24, 2.45) is 0 Å². The molecular weight excluding hydrogens is 422 g/mol. The van der Waals surface area contributed by atoms with Gasteiger partial charge < -0.3 is 10.6 Å². The quantitative estimate of drug-likeness (QED) is 0.437. The van der Waals surface area contributed by atoms with Crippen molar-refractivity contribution in [3.05, 3.63) is 51.6 Å². The lowest BCUT2D eigenvalue weighted by atomic mass is 10.3. The van der Waals surface area contributed by atoms with Crippen LogP contribution >= 0.6 is 23.1 Å². The Hall–Kier alpha value is -2.79. The highest BCUT2D eigenvalue weighted by atomic mass is 32.2. The van der Waals surface area contributed by atoms with Crippen molar-refractivity contribution in [3.8, 4) is 0 Å². The second-order valence-electron chi connectivity index (χ2n) is 5.82. The zero-order valence-corrected chi connectivity index (χ0v) is 16.8. The van der Waals surface area contributed by atoms with Crippen molar-refractivity contribution in [2.45, 2.75) is 18.6 Å². The van der Waals surface area contributed by atoms with Crippen molar-refractivity contribution < 1.29 is 18.4 Å². The van der Waals surface area contributed by atoms with E-state index in [4.69, 9.17) is 0 Å². The van der Waals surface area contributed by atoms with Crippen LogP contribution in [-0.2, 0) is 16.1 Å². The molecule has 0 bridgehead atoms. The normalized spacial score (nSPS) is 10.9. The molecule has 3 aromatic rings. The van der Waals surface area contributed by atoms with E-state index < -0.39 is 23.4 Å². The largest absolute Gasteiger partial charge is 0.346 e. The van der Waals surface area contributed by atoms with Crippen LogP contribution in [-0.4, -0.2) is 33.7 Å². The number of carbonyl (C=O) groups is 2.